The van der Waals surface area contributed by atoms with Crippen LogP contribution >= 0.6 is 0 Å². The summed E-state index contributed by atoms with van der Waals surface area (Å²) >= 11 is 0. The molecule has 0 saturated heterocycles. The zero-order chi connectivity index (χ0) is 15.7. The van der Waals surface area contributed by atoms with Crippen LogP contribution in [0.1, 0.15) is 55.2 Å². The number of carbonyl (C=O) groups excluding carboxylic acids is 1. The summed E-state index contributed by atoms with van der Waals surface area (Å²) in [4.78, 5) is 11.9. The topological polar surface area (TPSA) is 52.3 Å². The fourth-order valence-corrected chi connectivity index (χ4v) is 1.53. The van der Waals surface area contributed by atoms with Gasteiger partial charge in [0.05, 0.1) is 11.1 Å². The molecular weight excluding hydrogens is 271 g/mol. The molecule has 1 rings (SSSR count). The first-order valence-electron chi connectivity index (χ1n) is 6.11. The van der Waals surface area contributed by atoms with Crippen molar-refractivity contribution in [1.29, 1.82) is 0 Å². The maximum atomic E-state index is 12.8. The number of halogens is 3. The second-order valence-corrected chi connectivity index (χ2v) is 5.63. The molecule has 112 valence electrons. The van der Waals surface area contributed by atoms with Crippen LogP contribution in [-0.2, 0) is 10.9 Å². The van der Waals surface area contributed by atoms with Crippen LogP contribution < -0.4 is 5.73 Å². The van der Waals surface area contributed by atoms with Crippen LogP contribution in [0.15, 0.2) is 18.2 Å². The number of esters is 1. The molecule has 0 fully saturated rings. The Morgan fingerprint density at radius 1 is 1.20 bits per heavy atom. The predicted molar refractivity (Wildman–Crippen MR) is 69.2 cm³/mol. The average molecular weight is 289 g/mol. The van der Waals surface area contributed by atoms with Crippen LogP contribution in [0.3, 0.4) is 0 Å². The summed E-state index contributed by atoms with van der Waals surface area (Å²) in [5.41, 5.74) is 4.00. The molecule has 2 N–H and O–H groups in total. The summed E-state index contributed by atoms with van der Waals surface area (Å²) in [5.74, 6) is -0.800. The lowest BCUT2D eigenvalue weighted by atomic mass is 10.0. The van der Waals surface area contributed by atoms with Gasteiger partial charge in [-0.3, -0.25) is 0 Å². The summed E-state index contributed by atoms with van der Waals surface area (Å²) in [7, 11) is 0. The van der Waals surface area contributed by atoms with E-state index < -0.39 is 29.4 Å². The fraction of sp³-hybridized carbons (Fsp3) is 0.500. The van der Waals surface area contributed by atoms with E-state index in [1.807, 2.05) is 0 Å². The van der Waals surface area contributed by atoms with Gasteiger partial charge in [-0.25, -0.2) is 4.79 Å². The first kappa shape index (κ1) is 16.5. The van der Waals surface area contributed by atoms with Crippen molar-refractivity contribution >= 4 is 5.97 Å². The van der Waals surface area contributed by atoms with Gasteiger partial charge in [0.2, 0.25) is 0 Å². The van der Waals surface area contributed by atoms with E-state index in [2.05, 4.69) is 0 Å². The van der Waals surface area contributed by atoms with E-state index in [0.29, 0.717) is 0 Å². The third-order valence-electron chi connectivity index (χ3n) is 2.44. The van der Waals surface area contributed by atoms with Gasteiger partial charge in [-0.15, -0.1) is 0 Å². The van der Waals surface area contributed by atoms with Gasteiger partial charge in [-0.1, -0.05) is 0 Å². The monoisotopic (exact) mass is 289 g/mol. The molecule has 0 amide bonds. The highest BCUT2D eigenvalue weighted by Crippen LogP contribution is 2.32. The molecule has 0 aromatic heterocycles. The van der Waals surface area contributed by atoms with E-state index in [0.717, 1.165) is 12.1 Å². The van der Waals surface area contributed by atoms with Gasteiger partial charge in [-0.05, 0) is 51.5 Å². The van der Waals surface area contributed by atoms with Gasteiger partial charge >= 0.3 is 12.1 Å². The Kier molecular flexibility index (Phi) is 4.49. The molecule has 0 unspecified atom stereocenters. The lowest BCUT2D eigenvalue weighted by molar-refractivity contribution is -0.137. The standard InChI is InChI=1S/C14H18F3NO2/c1-8(18)9-5-10(12(19)20-13(2,3)4)7-11(6-9)14(15,16)17/h5-8H,18H2,1-4H3/t8-/m1/s1. The Morgan fingerprint density at radius 3 is 2.15 bits per heavy atom. The molecule has 0 aliphatic rings. The van der Waals surface area contributed by atoms with Crippen molar-refractivity contribution in [3.8, 4) is 0 Å². The minimum absolute atomic E-state index is 0.151. The SMILES string of the molecule is C[C@@H](N)c1cc(C(=O)OC(C)(C)C)cc(C(F)(F)F)c1. The normalized spacial score (nSPS) is 14.0. The molecule has 3 nitrogen and oxygen atoms in total. The molecule has 0 radical (unpaired) electrons. The van der Waals surface area contributed by atoms with Crippen molar-refractivity contribution in [2.24, 2.45) is 5.73 Å². The van der Waals surface area contributed by atoms with Crippen LogP contribution in [0.2, 0.25) is 0 Å². The molecule has 0 aliphatic heterocycles. The van der Waals surface area contributed by atoms with E-state index in [1.165, 1.54) is 6.07 Å². The minimum Gasteiger partial charge on any atom is -0.456 e. The molecule has 1 atom stereocenters. The van der Waals surface area contributed by atoms with Crippen LogP contribution in [-0.4, -0.2) is 11.6 Å². The van der Waals surface area contributed by atoms with E-state index in [9.17, 15) is 18.0 Å². The van der Waals surface area contributed by atoms with Crippen molar-refractivity contribution in [1.82, 2.24) is 0 Å². The number of hydrogen-bond donors (Lipinski definition) is 1. The minimum atomic E-state index is -4.54. The Labute approximate surface area is 115 Å². The average Bonchev–Trinajstić information content (AvgIpc) is 2.24. The third kappa shape index (κ3) is 4.52. The third-order valence-corrected chi connectivity index (χ3v) is 2.44. The van der Waals surface area contributed by atoms with Crippen LogP contribution in [0.5, 0.6) is 0 Å². The number of hydrogen-bond acceptors (Lipinski definition) is 3. The van der Waals surface area contributed by atoms with E-state index in [1.54, 1.807) is 27.7 Å². The quantitative estimate of drug-likeness (QED) is 0.845. The van der Waals surface area contributed by atoms with Gasteiger partial charge in [0.1, 0.15) is 5.60 Å². The van der Waals surface area contributed by atoms with Gasteiger partial charge in [0.25, 0.3) is 0 Å². The highest BCUT2D eigenvalue weighted by Gasteiger charge is 2.32. The molecule has 0 bridgehead atoms. The maximum Gasteiger partial charge on any atom is 0.416 e. The first-order chi connectivity index (χ1) is 8.90. The van der Waals surface area contributed by atoms with Gasteiger partial charge < -0.3 is 10.5 Å². The Bertz CT molecular complexity index is 502. The Morgan fingerprint density at radius 2 is 1.75 bits per heavy atom. The second-order valence-electron chi connectivity index (χ2n) is 5.63. The lowest BCUT2D eigenvalue weighted by Gasteiger charge is -2.20. The number of rotatable bonds is 2. The van der Waals surface area contributed by atoms with Crippen molar-refractivity contribution < 1.29 is 22.7 Å². The van der Waals surface area contributed by atoms with Crippen LogP contribution in [0, 0.1) is 0 Å². The van der Waals surface area contributed by atoms with Gasteiger partial charge in [0.15, 0.2) is 0 Å². The summed E-state index contributed by atoms with van der Waals surface area (Å²) < 4.78 is 43.5. The van der Waals surface area contributed by atoms with Crippen molar-refractivity contribution in [2.75, 3.05) is 0 Å². The molecule has 0 aliphatic carbocycles. The molecular formula is C14H18F3NO2. The maximum absolute atomic E-state index is 12.8. The van der Waals surface area contributed by atoms with E-state index in [4.69, 9.17) is 10.5 Å². The van der Waals surface area contributed by atoms with Crippen molar-refractivity contribution in [3.05, 3.63) is 34.9 Å². The number of carbonyl (C=O) groups is 1. The van der Waals surface area contributed by atoms with Gasteiger partial charge in [-0.2, -0.15) is 13.2 Å². The molecule has 1 aromatic carbocycles. The number of alkyl halides is 3. The zero-order valence-corrected chi connectivity index (χ0v) is 11.8. The van der Waals surface area contributed by atoms with Crippen molar-refractivity contribution in [2.45, 2.75) is 45.5 Å². The summed E-state index contributed by atoms with van der Waals surface area (Å²) in [6.07, 6.45) is -4.54. The molecule has 1 aromatic rings. The number of nitrogens with two attached hydrogens (primary N) is 1. The molecule has 0 heterocycles. The molecule has 0 spiro atoms. The zero-order valence-electron chi connectivity index (χ0n) is 11.8. The fourth-order valence-electron chi connectivity index (χ4n) is 1.53. The first-order valence-corrected chi connectivity index (χ1v) is 6.11. The summed E-state index contributed by atoms with van der Waals surface area (Å²) in [6.45, 7) is 6.48. The Hall–Kier alpha value is -1.56. The predicted octanol–water partition coefficient (Wildman–Crippen LogP) is 3.68. The van der Waals surface area contributed by atoms with Crippen LogP contribution in [0.4, 0.5) is 13.2 Å². The Balaban J connectivity index is 3.26. The van der Waals surface area contributed by atoms with Gasteiger partial charge in [0, 0.05) is 6.04 Å². The molecule has 0 saturated carbocycles. The van der Waals surface area contributed by atoms with E-state index in [-0.39, 0.29) is 11.1 Å². The van der Waals surface area contributed by atoms with Crippen molar-refractivity contribution in [3.63, 3.8) is 0 Å². The van der Waals surface area contributed by atoms with Crippen LogP contribution in [0.25, 0.3) is 0 Å². The molecule has 6 heteroatoms. The highest BCUT2D eigenvalue weighted by molar-refractivity contribution is 5.90. The summed E-state index contributed by atoms with van der Waals surface area (Å²) in [5, 5.41) is 0. The lowest BCUT2D eigenvalue weighted by Crippen LogP contribution is -2.24. The molecule has 20 heavy (non-hydrogen) atoms. The second kappa shape index (κ2) is 5.44. The summed E-state index contributed by atoms with van der Waals surface area (Å²) in [6, 6.07) is 2.44. The smallest absolute Gasteiger partial charge is 0.416 e. The number of benzene rings is 1. The highest BCUT2D eigenvalue weighted by atomic mass is 19.4. The number of ether oxygens (including phenoxy) is 1. The largest absolute Gasteiger partial charge is 0.456 e. The van der Waals surface area contributed by atoms with E-state index >= 15 is 0 Å².